The van der Waals surface area contributed by atoms with Crippen molar-refractivity contribution in [2.45, 2.75) is 64.2 Å². The van der Waals surface area contributed by atoms with Gasteiger partial charge in [0.15, 0.2) is 0 Å². The molecule has 1 fully saturated rings. The summed E-state index contributed by atoms with van der Waals surface area (Å²) in [5.74, 6) is 1.76. The lowest BCUT2D eigenvalue weighted by Gasteiger charge is -2.29. The molecule has 0 aromatic heterocycles. The minimum Gasteiger partial charge on any atom is -0.0843 e. The molecule has 0 unspecified atom stereocenters. The van der Waals surface area contributed by atoms with Crippen LogP contribution in [0.1, 0.15) is 69.8 Å². The highest BCUT2D eigenvalue weighted by atomic mass is 35.5. The Balaban J connectivity index is 1.56. The van der Waals surface area contributed by atoms with Gasteiger partial charge in [0.2, 0.25) is 0 Å². The van der Waals surface area contributed by atoms with Gasteiger partial charge in [-0.25, -0.2) is 0 Å². The molecule has 0 bridgehead atoms. The van der Waals surface area contributed by atoms with Gasteiger partial charge in [-0.3, -0.25) is 0 Å². The zero-order valence-electron chi connectivity index (χ0n) is 14.8. The van der Waals surface area contributed by atoms with Crippen LogP contribution < -0.4 is 0 Å². The molecule has 1 aliphatic rings. The summed E-state index contributed by atoms with van der Waals surface area (Å²) in [6.07, 6.45) is 11.2. The summed E-state index contributed by atoms with van der Waals surface area (Å²) < 4.78 is 0. The van der Waals surface area contributed by atoms with Crippen LogP contribution in [-0.2, 0) is 0 Å². The normalized spacial score (nSPS) is 20.9. The highest BCUT2D eigenvalue weighted by molar-refractivity contribution is 6.30. The Morgan fingerprint density at radius 3 is 1.96 bits per heavy atom. The quantitative estimate of drug-likeness (QED) is 0.469. The van der Waals surface area contributed by atoms with Crippen molar-refractivity contribution in [1.82, 2.24) is 0 Å². The van der Waals surface area contributed by atoms with Crippen LogP contribution in [0.25, 0.3) is 11.1 Å². The van der Waals surface area contributed by atoms with E-state index in [0.717, 1.165) is 16.9 Å². The molecule has 128 valence electrons. The molecule has 0 spiro atoms. The molecule has 0 amide bonds. The first kappa shape index (κ1) is 17.5. The van der Waals surface area contributed by atoms with Crippen molar-refractivity contribution in [1.29, 1.82) is 0 Å². The molecule has 1 saturated carbocycles. The lowest BCUT2D eigenvalue weighted by molar-refractivity contribution is 0.303. The van der Waals surface area contributed by atoms with Crippen LogP contribution in [0.5, 0.6) is 0 Å². The van der Waals surface area contributed by atoms with Gasteiger partial charge >= 0.3 is 0 Å². The molecular formula is C23H29Cl. The lowest BCUT2D eigenvalue weighted by atomic mass is 9.77. The third-order valence-electron chi connectivity index (χ3n) is 5.62. The number of unbranched alkanes of at least 4 members (excludes halogenated alkanes) is 2. The van der Waals surface area contributed by atoms with Crippen molar-refractivity contribution in [3.05, 3.63) is 59.1 Å². The van der Waals surface area contributed by atoms with Gasteiger partial charge in [0, 0.05) is 5.02 Å². The fourth-order valence-electron chi connectivity index (χ4n) is 4.06. The summed E-state index contributed by atoms with van der Waals surface area (Å²) in [4.78, 5) is 0. The maximum atomic E-state index is 5.98. The van der Waals surface area contributed by atoms with E-state index in [1.54, 1.807) is 0 Å². The fraction of sp³-hybridized carbons (Fsp3) is 0.478. The summed E-state index contributed by atoms with van der Waals surface area (Å²) in [6, 6.07) is 17.3. The average molecular weight is 341 g/mol. The van der Waals surface area contributed by atoms with Crippen molar-refractivity contribution < 1.29 is 0 Å². The fourth-order valence-corrected chi connectivity index (χ4v) is 4.18. The van der Waals surface area contributed by atoms with E-state index in [-0.39, 0.29) is 0 Å². The van der Waals surface area contributed by atoms with Crippen LogP contribution in [0.15, 0.2) is 48.5 Å². The third-order valence-corrected chi connectivity index (χ3v) is 5.87. The second-order valence-electron chi connectivity index (χ2n) is 7.34. The Bertz CT molecular complexity index is 603. The number of benzene rings is 2. The molecular weight excluding hydrogens is 312 g/mol. The van der Waals surface area contributed by atoms with Crippen molar-refractivity contribution >= 4 is 11.6 Å². The van der Waals surface area contributed by atoms with Crippen LogP contribution in [0, 0.1) is 5.92 Å². The molecule has 2 aromatic rings. The minimum atomic E-state index is 0.770. The van der Waals surface area contributed by atoms with E-state index in [0.29, 0.717) is 0 Å². The summed E-state index contributed by atoms with van der Waals surface area (Å²) in [6.45, 7) is 2.30. The number of hydrogen-bond acceptors (Lipinski definition) is 0. The van der Waals surface area contributed by atoms with Gasteiger partial charge in [-0.2, -0.15) is 0 Å². The van der Waals surface area contributed by atoms with E-state index in [1.807, 2.05) is 12.1 Å². The predicted molar refractivity (Wildman–Crippen MR) is 106 cm³/mol. The maximum absolute atomic E-state index is 5.98. The Morgan fingerprint density at radius 2 is 1.38 bits per heavy atom. The van der Waals surface area contributed by atoms with Crippen molar-refractivity contribution in [2.24, 2.45) is 5.92 Å². The molecule has 3 rings (SSSR count). The first-order valence-corrected chi connectivity index (χ1v) is 10.00. The summed E-state index contributed by atoms with van der Waals surface area (Å²) in [7, 11) is 0. The van der Waals surface area contributed by atoms with Gasteiger partial charge in [0.1, 0.15) is 0 Å². The van der Waals surface area contributed by atoms with E-state index in [4.69, 9.17) is 11.6 Å². The summed E-state index contributed by atoms with van der Waals surface area (Å²) >= 11 is 5.98. The lowest BCUT2D eigenvalue weighted by Crippen LogP contribution is -2.13. The Kier molecular flexibility index (Phi) is 6.37. The van der Waals surface area contributed by atoms with Gasteiger partial charge in [0.25, 0.3) is 0 Å². The van der Waals surface area contributed by atoms with Gasteiger partial charge in [-0.15, -0.1) is 0 Å². The van der Waals surface area contributed by atoms with Crippen LogP contribution in [0.4, 0.5) is 0 Å². The first-order chi connectivity index (χ1) is 11.8. The Morgan fingerprint density at radius 1 is 0.792 bits per heavy atom. The van der Waals surface area contributed by atoms with E-state index in [2.05, 4.69) is 43.3 Å². The number of hydrogen-bond donors (Lipinski definition) is 0. The molecule has 0 aliphatic heterocycles. The monoisotopic (exact) mass is 340 g/mol. The smallest absolute Gasteiger partial charge is 0.0406 e. The third kappa shape index (κ3) is 4.63. The van der Waals surface area contributed by atoms with Gasteiger partial charge in [-0.1, -0.05) is 80.6 Å². The molecule has 0 nitrogen and oxygen atoms in total. The van der Waals surface area contributed by atoms with Crippen molar-refractivity contribution in [3.8, 4) is 11.1 Å². The van der Waals surface area contributed by atoms with Gasteiger partial charge in [0.05, 0.1) is 0 Å². The van der Waals surface area contributed by atoms with Crippen LogP contribution in [-0.4, -0.2) is 0 Å². The Hall–Kier alpha value is -1.27. The second kappa shape index (κ2) is 8.72. The summed E-state index contributed by atoms with van der Waals surface area (Å²) in [5, 5.41) is 0.797. The largest absolute Gasteiger partial charge is 0.0843 e. The topological polar surface area (TPSA) is 0 Å². The molecule has 0 heterocycles. The standard InChI is InChI=1S/C23H29Cl/c1-2-3-4-5-18-6-8-19(9-7-18)20-10-12-21(13-11-20)22-14-16-23(24)17-15-22/h10-19H,2-9H2,1H3/t18-,19-. The highest BCUT2D eigenvalue weighted by Crippen LogP contribution is 2.38. The van der Waals surface area contributed by atoms with Crippen molar-refractivity contribution in [2.75, 3.05) is 0 Å². The van der Waals surface area contributed by atoms with E-state index in [1.165, 1.54) is 68.1 Å². The number of halogens is 1. The second-order valence-corrected chi connectivity index (χ2v) is 7.78. The van der Waals surface area contributed by atoms with E-state index in [9.17, 15) is 0 Å². The minimum absolute atomic E-state index is 0.770. The highest BCUT2D eigenvalue weighted by Gasteiger charge is 2.21. The molecule has 0 radical (unpaired) electrons. The van der Waals surface area contributed by atoms with Gasteiger partial charge in [-0.05, 0) is 66.3 Å². The molecule has 24 heavy (non-hydrogen) atoms. The van der Waals surface area contributed by atoms with Crippen molar-refractivity contribution in [3.63, 3.8) is 0 Å². The first-order valence-electron chi connectivity index (χ1n) is 9.62. The van der Waals surface area contributed by atoms with Crippen LogP contribution in [0.3, 0.4) is 0 Å². The predicted octanol–water partition coefficient (Wildman–Crippen LogP) is 7.86. The number of rotatable bonds is 6. The molecule has 1 aliphatic carbocycles. The molecule has 0 N–H and O–H groups in total. The Labute approximate surface area is 152 Å². The van der Waals surface area contributed by atoms with Gasteiger partial charge < -0.3 is 0 Å². The molecule has 0 saturated heterocycles. The molecule has 1 heteroatoms. The maximum Gasteiger partial charge on any atom is 0.0406 e. The zero-order valence-corrected chi connectivity index (χ0v) is 15.6. The van der Waals surface area contributed by atoms with Crippen LogP contribution >= 0.6 is 11.6 Å². The van der Waals surface area contributed by atoms with E-state index < -0.39 is 0 Å². The summed E-state index contributed by atoms with van der Waals surface area (Å²) in [5.41, 5.74) is 4.05. The van der Waals surface area contributed by atoms with Crippen LogP contribution in [0.2, 0.25) is 5.02 Å². The molecule has 0 atom stereocenters. The SMILES string of the molecule is CCCCC[C@H]1CC[C@H](c2ccc(-c3ccc(Cl)cc3)cc2)CC1. The average Bonchev–Trinajstić information content (AvgIpc) is 2.63. The van der Waals surface area contributed by atoms with E-state index >= 15 is 0 Å². The molecule has 2 aromatic carbocycles. The zero-order chi connectivity index (χ0) is 16.8.